The predicted molar refractivity (Wildman–Crippen MR) is 197 cm³/mol. The molecular weight excluding hydrogens is 720 g/mol. The number of nitrogens with one attached hydrogen (secondary N) is 2. The molecule has 0 aromatic heterocycles. The van der Waals surface area contributed by atoms with Crippen molar-refractivity contribution >= 4 is 80.0 Å². The van der Waals surface area contributed by atoms with Gasteiger partial charge in [-0.15, -0.1) is 18.5 Å². The van der Waals surface area contributed by atoms with Crippen LogP contribution in [0.1, 0.15) is 93.9 Å². The molecule has 0 radical (unpaired) electrons. The highest BCUT2D eigenvalue weighted by Crippen LogP contribution is 2.35. The van der Waals surface area contributed by atoms with E-state index in [1.54, 1.807) is 48.5 Å². The molecule has 292 valence electrons. The number of Topliss-reactive ketones (excluding diaryl/α,β-unsaturated/α-hetero) is 2. The summed E-state index contributed by atoms with van der Waals surface area (Å²) in [7, 11) is 2.97. The van der Waals surface area contributed by atoms with Gasteiger partial charge in [0.15, 0.2) is 17.2 Å². The SMILES string of the molecule is CC(CP)C(=O)NC(C)C(=O)C[C@@H](C)B1OC(=O)CC(C)(CC(=O)O)O1.CCC1(CC(=O)O)OB([C@H](C)CC(=O)C(C)NC(=O)C(C)CP)OC1=O. The molecule has 0 bridgehead atoms. The summed E-state index contributed by atoms with van der Waals surface area (Å²) in [5.74, 6) is -5.73. The molecule has 2 rings (SSSR count). The largest absolute Gasteiger partial charge is 0.531 e. The van der Waals surface area contributed by atoms with Gasteiger partial charge >= 0.3 is 32.1 Å². The number of ketones is 2. The molecule has 4 N–H and O–H groups in total. The molecule has 52 heavy (non-hydrogen) atoms. The van der Waals surface area contributed by atoms with E-state index in [0.717, 1.165) is 0 Å². The molecule has 0 saturated carbocycles. The molecule has 0 aliphatic carbocycles. The monoisotopic (exact) mass is 774 g/mol. The first-order valence-electron chi connectivity index (χ1n) is 17.3. The molecule has 16 nitrogen and oxygen atoms in total. The number of carboxylic acid groups (broad SMARTS) is 2. The third kappa shape index (κ3) is 14.5. The van der Waals surface area contributed by atoms with E-state index in [2.05, 4.69) is 29.1 Å². The summed E-state index contributed by atoms with van der Waals surface area (Å²) in [4.78, 5) is 94.3. The number of amides is 2. The lowest BCUT2D eigenvalue weighted by Gasteiger charge is -2.37. The van der Waals surface area contributed by atoms with Crippen molar-refractivity contribution in [3.8, 4) is 0 Å². The smallest absolute Gasteiger partial charge is 0.509 e. The summed E-state index contributed by atoms with van der Waals surface area (Å²) >= 11 is 0. The minimum absolute atomic E-state index is 0.0256. The maximum Gasteiger partial charge on any atom is 0.531 e. The molecule has 20 heteroatoms. The van der Waals surface area contributed by atoms with Crippen LogP contribution in [0, 0.1) is 11.8 Å². The zero-order valence-corrected chi connectivity index (χ0v) is 33.5. The molecule has 2 heterocycles. The molecule has 0 aromatic carbocycles. The number of rotatable bonds is 19. The van der Waals surface area contributed by atoms with E-state index >= 15 is 0 Å². The van der Waals surface area contributed by atoms with Crippen LogP contribution in [0.15, 0.2) is 0 Å². The third-order valence-electron chi connectivity index (χ3n) is 8.90. The van der Waals surface area contributed by atoms with Gasteiger partial charge in [-0.1, -0.05) is 34.6 Å². The lowest BCUT2D eigenvalue weighted by molar-refractivity contribution is -0.153. The molecule has 10 atom stereocenters. The van der Waals surface area contributed by atoms with Gasteiger partial charge in [0.25, 0.3) is 5.97 Å². The summed E-state index contributed by atoms with van der Waals surface area (Å²) in [6.07, 6.45) is 0.427. The Morgan fingerprint density at radius 3 is 1.56 bits per heavy atom. The van der Waals surface area contributed by atoms with Crippen LogP contribution in [0.4, 0.5) is 0 Å². The van der Waals surface area contributed by atoms with Crippen LogP contribution in [-0.4, -0.2) is 107 Å². The van der Waals surface area contributed by atoms with E-state index < -0.39 is 79.5 Å². The zero-order valence-electron chi connectivity index (χ0n) is 31.2. The Labute approximate surface area is 310 Å². The average Bonchev–Trinajstić information content (AvgIpc) is 3.37. The minimum atomic E-state index is -1.51. The van der Waals surface area contributed by atoms with Gasteiger partial charge in [0.2, 0.25) is 11.8 Å². The Balaban J connectivity index is 0.000000520. The second kappa shape index (κ2) is 21.1. The lowest BCUT2D eigenvalue weighted by atomic mass is 9.67. The fourth-order valence-electron chi connectivity index (χ4n) is 5.20. The Hall–Kier alpha value is -2.93. The van der Waals surface area contributed by atoms with Gasteiger partial charge in [0, 0.05) is 36.3 Å². The fraction of sp³-hybridized carbons (Fsp3) is 0.750. The van der Waals surface area contributed by atoms with Gasteiger partial charge < -0.3 is 39.5 Å². The predicted octanol–water partition coefficient (Wildman–Crippen LogP) is 2.07. The van der Waals surface area contributed by atoms with Crippen molar-refractivity contribution in [3.63, 3.8) is 0 Å². The number of carbonyl (C=O) groups excluding carboxylic acids is 6. The van der Waals surface area contributed by atoms with Crippen molar-refractivity contribution in [1.82, 2.24) is 10.6 Å². The van der Waals surface area contributed by atoms with Crippen molar-refractivity contribution in [2.45, 2.75) is 129 Å². The van der Waals surface area contributed by atoms with Gasteiger partial charge in [0.05, 0.1) is 36.9 Å². The van der Waals surface area contributed by atoms with Gasteiger partial charge in [-0.2, -0.15) is 0 Å². The van der Waals surface area contributed by atoms with Gasteiger partial charge in [-0.3, -0.25) is 38.4 Å². The Morgan fingerprint density at radius 2 is 1.17 bits per heavy atom. The summed E-state index contributed by atoms with van der Waals surface area (Å²) in [5, 5.41) is 23.3. The van der Waals surface area contributed by atoms with Crippen LogP contribution in [0.5, 0.6) is 0 Å². The van der Waals surface area contributed by atoms with Crippen molar-refractivity contribution in [2.75, 3.05) is 12.3 Å². The van der Waals surface area contributed by atoms with E-state index in [1.807, 2.05) is 0 Å². The Morgan fingerprint density at radius 1 is 0.750 bits per heavy atom. The van der Waals surface area contributed by atoms with Gasteiger partial charge in [-0.05, 0) is 39.5 Å². The third-order valence-corrected chi connectivity index (χ3v) is 10.3. The fourth-order valence-corrected chi connectivity index (χ4v) is 5.62. The van der Waals surface area contributed by atoms with Crippen LogP contribution in [0.3, 0.4) is 0 Å². The van der Waals surface area contributed by atoms with Gasteiger partial charge in [-0.25, -0.2) is 0 Å². The number of carboxylic acids is 2. The van der Waals surface area contributed by atoms with Crippen molar-refractivity contribution < 1.29 is 67.2 Å². The maximum atomic E-state index is 12.4. The Kier molecular flexibility index (Phi) is 19.1. The first-order chi connectivity index (χ1) is 24.0. The molecule has 2 aliphatic heterocycles. The van der Waals surface area contributed by atoms with E-state index in [1.165, 1.54) is 6.92 Å². The number of aliphatic carboxylic acids is 2. The highest BCUT2D eigenvalue weighted by molar-refractivity contribution is 7.16. The lowest BCUT2D eigenvalue weighted by Crippen LogP contribution is -2.50. The molecule has 2 amide bonds. The quantitative estimate of drug-likeness (QED) is 0.109. The first kappa shape index (κ1) is 47.1. The average molecular weight is 774 g/mol. The normalized spacial score (nSPS) is 23.3. The van der Waals surface area contributed by atoms with E-state index in [0.29, 0.717) is 12.3 Å². The van der Waals surface area contributed by atoms with Crippen LogP contribution < -0.4 is 10.6 Å². The molecule has 0 spiro atoms. The minimum Gasteiger partial charge on any atom is -0.509 e. The van der Waals surface area contributed by atoms with Crippen molar-refractivity contribution in [2.24, 2.45) is 11.8 Å². The topological polar surface area (TPSA) is 238 Å². The van der Waals surface area contributed by atoms with E-state index in [-0.39, 0.29) is 67.3 Å². The summed E-state index contributed by atoms with van der Waals surface area (Å²) in [6.45, 7) is 13.3. The van der Waals surface area contributed by atoms with E-state index in [4.69, 9.17) is 28.8 Å². The molecule has 8 unspecified atom stereocenters. The number of hydrogen-bond acceptors (Lipinski definition) is 12. The second-order valence-corrected chi connectivity index (χ2v) is 15.0. The highest BCUT2D eigenvalue weighted by atomic mass is 31.0. The van der Waals surface area contributed by atoms with Crippen LogP contribution in [0.25, 0.3) is 0 Å². The first-order valence-corrected chi connectivity index (χ1v) is 18.9. The van der Waals surface area contributed by atoms with Crippen LogP contribution in [0.2, 0.25) is 11.6 Å². The molecule has 2 saturated heterocycles. The zero-order chi connectivity index (χ0) is 40.1. The standard InChI is InChI=1S/2C16H27BNO7P/c1-9(8-26)15(23)18-11(3)12(19)5-10(2)17-24-14(22)7-16(4,25-17)6-13(20)21;1-5-16(7-13(20)21)15(23)24-17(25-16)10(3)6-12(19)11(4)18-14(22)9(2)8-26/h9-11H,5-8,26H2,1-4H3,(H,18,23)(H,20,21);9-11H,5-8,26H2,1-4H3,(H,18,22)(H,20,21)/t2*9?,10-,11?,16?/m11/s1. The molecule has 2 aliphatic rings. The number of carbonyl (C=O) groups is 8. The van der Waals surface area contributed by atoms with Crippen LogP contribution in [-0.2, 0) is 57.0 Å². The molecule has 2 fully saturated rings. The Bertz CT molecular complexity index is 1340. The van der Waals surface area contributed by atoms with Gasteiger partial charge in [0.1, 0.15) is 0 Å². The molecule has 0 aromatic rings. The van der Waals surface area contributed by atoms with E-state index in [9.17, 15) is 38.4 Å². The highest BCUT2D eigenvalue weighted by Gasteiger charge is 2.55. The second-order valence-electron chi connectivity index (χ2n) is 14.0. The van der Waals surface area contributed by atoms with Crippen LogP contribution >= 0.6 is 18.5 Å². The van der Waals surface area contributed by atoms with Crippen molar-refractivity contribution in [1.29, 1.82) is 0 Å². The number of hydrogen-bond donors (Lipinski definition) is 4. The summed E-state index contributed by atoms with van der Waals surface area (Å²) in [5.41, 5.74) is -2.68. The molecular formula is C32H54B2N2O14P2. The maximum absolute atomic E-state index is 12.4. The van der Waals surface area contributed by atoms with Crippen molar-refractivity contribution in [3.05, 3.63) is 0 Å². The summed E-state index contributed by atoms with van der Waals surface area (Å²) in [6, 6.07) is -1.34. The summed E-state index contributed by atoms with van der Waals surface area (Å²) < 4.78 is 21.6.